The van der Waals surface area contributed by atoms with Gasteiger partial charge in [-0.15, -0.1) is 0 Å². The Hall–Kier alpha value is -1.36. The second-order valence-corrected chi connectivity index (χ2v) is 5.47. The lowest BCUT2D eigenvalue weighted by molar-refractivity contribution is -0.119. The van der Waals surface area contributed by atoms with Crippen LogP contribution in [0.1, 0.15) is 44.5 Å². The van der Waals surface area contributed by atoms with Crippen LogP contribution in [-0.2, 0) is 11.8 Å². The van der Waals surface area contributed by atoms with Crippen molar-refractivity contribution in [1.29, 1.82) is 0 Å². The zero-order chi connectivity index (χ0) is 14.6. The summed E-state index contributed by atoms with van der Waals surface area (Å²) in [5, 5.41) is 7.28. The Kier molecular flexibility index (Phi) is 5.54. The van der Waals surface area contributed by atoms with Crippen LogP contribution in [0.3, 0.4) is 0 Å². The van der Waals surface area contributed by atoms with E-state index in [1.165, 1.54) is 0 Å². The molecule has 0 aliphatic rings. The van der Waals surface area contributed by atoms with E-state index in [9.17, 15) is 4.79 Å². The van der Waals surface area contributed by atoms with Crippen molar-refractivity contribution in [3.63, 3.8) is 0 Å². The predicted molar refractivity (Wildman–Crippen MR) is 78.0 cm³/mol. The van der Waals surface area contributed by atoms with E-state index < -0.39 is 0 Å². The number of hydrogen-bond donors (Lipinski definition) is 2. The molecule has 5 heteroatoms. The van der Waals surface area contributed by atoms with Crippen molar-refractivity contribution in [3.05, 3.63) is 11.4 Å². The van der Waals surface area contributed by atoms with Crippen LogP contribution in [0.5, 0.6) is 0 Å². The Labute approximate surface area is 115 Å². The highest BCUT2D eigenvalue weighted by Crippen LogP contribution is 2.20. The van der Waals surface area contributed by atoms with E-state index in [2.05, 4.69) is 10.4 Å². The average Bonchev–Trinajstić information content (AvgIpc) is 2.55. The number of carbonyl (C=O) groups excluding carboxylic acids is 1. The standard InChI is InChI=1S/C14H26N4O/c1-9(7-6-8-10(2)15)14(19)16-13-11(3)17-18(5)12(13)4/h9-10H,6-8,15H2,1-5H3,(H,16,19). The fraction of sp³-hybridized carbons (Fsp3) is 0.714. The molecule has 1 aromatic rings. The van der Waals surface area contributed by atoms with Gasteiger partial charge >= 0.3 is 0 Å². The van der Waals surface area contributed by atoms with Crippen molar-refractivity contribution in [2.75, 3.05) is 5.32 Å². The van der Waals surface area contributed by atoms with E-state index in [-0.39, 0.29) is 17.9 Å². The summed E-state index contributed by atoms with van der Waals surface area (Å²) >= 11 is 0. The van der Waals surface area contributed by atoms with Crippen LogP contribution in [0.2, 0.25) is 0 Å². The molecule has 1 heterocycles. The topological polar surface area (TPSA) is 72.9 Å². The molecule has 5 nitrogen and oxygen atoms in total. The van der Waals surface area contributed by atoms with Crippen molar-refractivity contribution in [3.8, 4) is 0 Å². The Morgan fingerprint density at radius 1 is 1.37 bits per heavy atom. The molecule has 19 heavy (non-hydrogen) atoms. The first-order chi connectivity index (χ1) is 8.82. The largest absolute Gasteiger partial charge is 0.328 e. The van der Waals surface area contributed by atoms with Crippen molar-refractivity contribution in [2.24, 2.45) is 18.7 Å². The smallest absolute Gasteiger partial charge is 0.227 e. The normalized spacial score (nSPS) is 14.2. The molecule has 0 saturated heterocycles. The third-order valence-electron chi connectivity index (χ3n) is 3.50. The van der Waals surface area contributed by atoms with E-state index in [1.807, 2.05) is 34.7 Å². The molecule has 0 bridgehead atoms. The number of anilines is 1. The molecule has 0 aliphatic heterocycles. The SMILES string of the molecule is Cc1nn(C)c(C)c1NC(=O)C(C)CCCC(C)N. The number of amides is 1. The van der Waals surface area contributed by atoms with E-state index in [0.717, 1.165) is 36.3 Å². The summed E-state index contributed by atoms with van der Waals surface area (Å²) in [6.07, 6.45) is 2.81. The van der Waals surface area contributed by atoms with Gasteiger partial charge in [0.2, 0.25) is 5.91 Å². The summed E-state index contributed by atoms with van der Waals surface area (Å²) < 4.78 is 1.78. The summed E-state index contributed by atoms with van der Waals surface area (Å²) in [5.41, 5.74) is 8.39. The van der Waals surface area contributed by atoms with Crippen LogP contribution in [-0.4, -0.2) is 21.7 Å². The fourth-order valence-electron chi connectivity index (χ4n) is 2.08. The lowest BCUT2D eigenvalue weighted by Crippen LogP contribution is -2.22. The number of aromatic nitrogens is 2. The quantitative estimate of drug-likeness (QED) is 0.828. The molecule has 0 spiro atoms. The van der Waals surface area contributed by atoms with Gasteiger partial charge < -0.3 is 11.1 Å². The molecule has 2 unspecified atom stereocenters. The predicted octanol–water partition coefficient (Wildman–Crippen LogP) is 2.13. The Balaban J connectivity index is 2.54. The number of aryl methyl sites for hydroxylation is 2. The van der Waals surface area contributed by atoms with E-state index >= 15 is 0 Å². The first kappa shape index (κ1) is 15.7. The molecule has 0 saturated carbocycles. The first-order valence-corrected chi connectivity index (χ1v) is 6.89. The molecule has 0 fully saturated rings. The third-order valence-corrected chi connectivity index (χ3v) is 3.50. The maximum Gasteiger partial charge on any atom is 0.227 e. The van der Waals surface area contributed by atoms with Crippen LogP contribution in [0.25, 0.3) is 0 Å². The highest BCUT2D eigenvalue weighted by atomic mass is 16.1. The van der Waals surface area contributed by atoms with E-state index in [1.54, 1.807) is 4.68 Å². The summed E-state index contributed by atoms with van der Waals surface area (Å²) in [6, 6.07) is 0.207. The van der Waals surface area contributed by atoms with Crippen molar-refractivity contribution in [2.45, 2.75) is 53.0 Å². The van der Waals surface area contributed by atoms with Gasteiger partial charge in [0, 0.05) is 19.0 Å². The van der Waals surface area contributed by atoms with E-state index in [4.69, 9.17) is 5.73 Å². The van der Waals surface area contributed by atoms with Crippen molar-refractivity contribution >= 4 is 11.6 Å². The first-order valence-electron chi connectivity index (χ1n) is 6.89. The third kappa shape index (κ3) is 4.35. The molecule has 1 amide bonds. The average molecular weight is 266 g/mol. The van der Waals surface area contributed by atoms with Crippen LogP contribution < -0.4 is 11.1 Å². The van der Waals surface area contributed by atoms with Gasteiger partial charge in [-0.1, -0.05) is 13.3 Å². The van der Waals surface area contributed by atoms with Gasteiger partial charge in [0.1, 0.15) is 0 Å². The highest BCUT2D eigenvalue weighted by molar-refractivity contribution is 5.93. The molecular weight excluding hydrogens is 240 g/mol. The fourth-order valence-corrected chi connectivity index (χ4v) is 2.08. The number of nitrogens with one attached hydrogen (secondary N) is 1. The van der Waals surface area contributed by atoms with Crippen LogP contribution in [0.15, 0.2) is 0 Å². The van der Waals surface area contributed by atoms with Crippen LogP contribution in [0.4, 0.5) is 5.69 Å². The Morgan fingerprint density at radius 3 is 2.47 bits per heavy atom. The summed E-state index contributed by atoms with van der Waals surface area (Å²) in [4.78, 5) is 12.1. The number of rotatable bonds is 6. The lowest BCUT2D eigenvalue weighted by Gasteiger charge is -2.13. The highest BCUT2D eigenvalue weighted by Gasteiger charge is 2.17. The zero-order valence-corrected chi connectivity index (χ0v) is 12.7. The number of nitrogens with zero attached hydrogens (tertiary/aromatic N) is 2. The summed E-state index contributed by atoms with van der Waals surface area (Å²) in [6.45, 7) is 7.81. The molecule has 2 atom stereocenters. The molecule has 0 aromatic carbocycles. The van der Waals surface area contributed by atoms with Gasteiger partial charge in [-0.3, -0.25) is 9.48 Å². The number of carbonyl (C=O) groups is 1. The Morgan fingerprint density at radius 2 is 2.00 bits per heavy atom. The van der Waals surface area contributed by atoms with Gasteiger partial charge in [-0.2, -0.15) is 5.10 Å². The van der Waals surface area contributed by atoms with Crippen LogP contribution >= 0.6 is 0 Å². The number of nitrogens with two attached hydrogens (primary N) is 1. The molecule has 1 aromatic heterocycles. The molecule has 0 radical (unpaired) electrons. The molecular formula is C14H26N4O. The van der Waals surface area contributed by atoms with Gasteiger partial charge in [0.05, 0.1) is 17.1 Å². The minimum Gasteiger partial charge on any atom is -0.328 e. The number of hydrogen-bond acceptors (Lipinski definition) is 3. The molecule has 108 valence electrons. The lowest BCUT2D eigenvalue weighted by atomic mass is 10.0. The molecule has 0 aliphatic carbocycles. The molecule has 3 N–H and O–H groups in total. The van der Waals surface area contributed by atoms with Gasteiger partial charge in [-0.05, 0) is 33.6 Å². The second kappa shape index (κ2) is 6.70. The maximum absolute atomic E-state index is 12.1. The van der Waals surface area contributed by atoms with Gasteiger partial charge in [0.15, 0.2) is 0 Å². The monoisotopic (exact) mass is 266 g/mol. The van der Waals surface area contributed by atoms with Gasteiger partial charge in [0.25, 0.3) is 0 Å². The molecule has 1 rings (SSSR count). The zero-order valence-electron chi connectivity index (χ0n) is 12.7. The van der Waals surface area contributed by atoms with Crippen LogP contribution in [0, 0.1) is 19.8 Å². The Bertz CT molecular complexity index is 437. The van der Waals surface area contributed by atoms with Crippen molar-refractivity contribution < 1.29 is 4.79 Å². The minimum absolute atomic E-state index is 0.00208. The minimum atomic E-state index is -0.00208. The summed E-state index contributed by atoms with van der Waals surface area (Å²) in [5.74, 6) is 0.0571. The van der Waals surface area contributed by atoms with E-state index in [0.29, 0.717) is 0 Å². The van der Waals surface area contributed by atoms with Gasteiger partial charge in [-0.25, -0.2) is 0 Å². The summed E-state index contributed by atoms with van der Waals surface area (Å²) in [7, 11) is 1.88. The van der Waals surface area contributed by atoms with Crippen molar-refractivity contribution in [1.82, 2.24) is 9.78 Å². The maximum atomic E-state index is 12.1. The second-order valence-electron chi connectivity index (χ2n) is 5.47.